The van der Waals surface area contributed by atoms with Crippen LogP contribution in [-0.4, -0.2) is 47.4 Å². The number of aliphatic imine (C=N–C) groups is 1. The van der Waals surface area contributed by atoms with E-state index in [0.29, 0.717) is 11.5 Å². The molecule has 0 spiro atoms. The van der Waals surface area contributed by atoms with Gasteiger partial charge in [0.05, 0.1) is 24.0 Å². The van der Waals surface area contributed by atoms with Crippen molar-refractivity contribution >= 4 is 28.7 Å². The van der Waals surface area contributed by atoms with Gasteiger partial charge in [0.2, 0.25) is 0 Å². The van der Waals surface area contributed by atoms with E-state index in [1.54, 1.807) is 30.7 Å². The van der Waals surface area contributed by atoms with Gasteiger partial charge in [-0.1, -0.05) is 18.2 Å². The number of carbonyl (C=O) groups is 1. The lowest BCUT2D eigenvalue weighted by Gasteiger charge is -2.14. The van der Waals surface area contributed by atoms with Crippen LogP contribution in [0.25, 0.3) is 17.0 Å². The highest BCUT2D eigenvalue weighted by molar-refractivity contribution is 6.15. The van der Waals surface area contributed by atoms with Crippen LogP contribution in [0.4, 0.5) is 4.79 Å². The van der Waals surface area contributed by atoms with Crippen LogP contribution >= 0.6 is 0 Å². The third-order valence-corrected chi connectivity index (χ3v) is 5.00. The molecule has 0 saturated heterocycles. The van der Waals surface area contributed by atoms with E-state index in [2.05, 4.69) is 18.0 Å². The molecule has 6 nitrogen and oxygen atoms in total. The van der Waals surface area contributed by atoms with E-state index >= 15 is 0 Å². The summed E-state index contributed by atoms with van der Waals surface area (Å²) in [4.78, 5) is 22.6. The zero-order valence-corrected chi connectivity index (χ0v) is 17.3. The van der Waals surface area contributed by atoms with Gasteiger partial charge in [-0.3, -0.25) is 4.57 Å². The summed E-state index contributed by atoms with van der Waals surface area (Å²) >= 11 is 0. The first-order valence-electron chi connectivity index (χ1n) is 9.44. The van der Waals surface area contributed by atoms with Gasteiger partial charge >= 0.3 is 6.03 Å². The van der Waals surface area contributed by atoms with E-state index in [1.807, 2.05) is 49.4 Å². The number of aryl methyl sites for hydroxylation is 2. The Bertz CT molecular complexity index is 1200. The highest BCUT2D eigenvalue weighted by atomic mass is 16.5. The summed E-state index contributed by atoms with van der Waals surface area (Å²) in [5.74, 6) is 0.667. The number of benzene rings is 1. The summed E-state index contributed by atoms with van der Waals surface area (Å²) in [5.41, 5.74) is 6.24. The number of rotatable bonds is 3. The first-order valence-corrected chi connectivity index (χ1v) is 9.44. The molecule has 148 valence electrons. The van der Waals surface area contributed by atoms with Gasteiger partial charge in [-0.2, -0.15) is 0 Å². The maximum Gasteiger partial charge on any atom is 0.328 e. The molecule has 29 heavy (non-hydrogen) atoms. The molecule has 0 aliphatic carbocycles. The molecule has 2 aromatic heterocycles. The monoisotopic (exact) mass is 388 g/mol. The van der Waals surface area contributed by atoms with Crippen molar-refractivity contribution in [2.75, 3.05) is 21.2 Å². The fourth-order valence-corrected chi connectivity index (χ4v) is 3.60. The lowest BCUT2D eigenvalue weighted by atomic mass is 10.2. The summed E-state index contributed by atoms with van der Waals surface area (Å²) in [7, 11) is 5.12. The molecule has 0 saturated carbocycles. The number of methoxy groups -OCH3 is 1. The van der Waals surface area contributed by atoms with Crippen molar-refractivity contribution < 1.29 is 9.53 Å². The summed E-state index contributed by atoms with van der Waals surface area (Å²) in [6, 6.07) is 11.8. The minimum Gasteiger partial charge on any atom is -0.494 e. The third-order valence-electron chi connectivity index (χ3n) is 5.00. The normalized spacial score (nSPS) is 15.0. The van der Waals surface area contributed by atoms with Crippen molar-refractivity contribution in [2.24, 2.45) is 4.99 Å². The van der Waals surface area contributed by atoms with Crippen molar-refractivity contribution in [3.8, 4) is 0 Å². The number of hydrogen-bond donors (Lipinski definition) is 1. The summed E-state index contributed by atoms with van der Waals surface area (Å²) < 4.78 is 7.28. The van der Waals surface area contributed by atoms with E-state index in [0.717, 1.165) is 39.2 Å². The fraction of sp³-hybridized carbons (Fsp3) is 0.217. The zero-order chi connectivity index (χ0) is 20.7. The molecule has 0 fully saturated rings. The standard InChI is InChI=1S/C23H24N4O2/c1-14-10-15(2)24-17(14)12-19-22(29-5)13-18(25-19)21-11-16-8-6-7-9-20(16)27(21)23(28)26(3)4/h6-13,24H,1-5H3/b19-12-. The predicted molar refractivity (Wildman–Crippen MR) is 116 cm³/mol. The Morgan fingerprint density at radius 2 is 1.97 bits per heavy atom. The van der Waals surface area contributed by atoms with Crippen LogP contribution in [0.3, 0.4) is 0 Å². The second kappa shape index (κ2) is 7.13. The van der Waals surface area contributed by atoms with Crippen LogP contribution in [0.1, 0.15) is 22.6 Å². The minimum absolute atomic E-state index is 0.121. The molecule has 3 aromatic rings. The number of carbonyl (C=O) groups excluding carboxylic acids is 1. The van der Waals surface area contributed by atoms with Crippen molar-refractivity contribution in [1.82, 2.24) is 14.5 Å². The molecule has 1 aliphatic heterocycles. The van der Waals surface area contributed by atoms with Gasteiger partial charge in [0.25, 0.3) is 0 Å². The van der Waals surface area contributed by atoms with Crippen LogP contribution in [0, 0.1) is 13.8 Å². The van der Waals surface area contributed by atoms with Crippen LogP contribution in [0.5, 0.6) is 0 Å². The van der Waals surface area contributed by atoms with Gasteiger partial charge in [-0.05, 0) is 43.7 Å². The number of nitrogens with zero attached hydrogens (tertiary/aromatic N) is 3. The largest absolute Gasteiger partial charge is 0.494 e. The lowest BCUT2D eigenvalue weighted by molar-refractivity contribution is 0.220. The fourth-order valence-electron chi connectivity index (χ4n) is 3.60. The van der Waals surface area contributed by atoms with Crippen molar-refractivity contribution in [2.45, 2.75) is 13.8 Å². The van der Waals surface area contributed by atoms with E-state index in [4.69, 9.17) is 9.73 Å². The zero-order valence-electron chi connectivity index (χ0n) is 17.3. The van der Waals surface area contributed by atoms with E-state index < -0.39 is 0 Å². The number of para-hydroxylation sites is 1. The molecule has 1 aromatic carbocycles. The van der Waals surface area contributed by atoms with Gasteiger partial charge < -0.3 is 14.6 Å². The Labute approximate surface area is 169 Å². The molecule has 0 atom stereocenters. The summed E-state index contributed by atoms with van der Waals surface area (Å²) in [5, 5.41) is 0.987. The maximum atomic E-state index is 12.9. The predicted octanol–water partition coefficient (Wildman–Crippen LogP) is 4.49. The number of allylic oxidation sites excluding steroid dienone is 1. The number of aromatic nitrogens is 2. The van der Waals surface area contributed by atoms with E-state index in [1.165, 1.54) is 0 Å². The van der Waals surface area contributed by atoms with Crippen LogP contribution in [0.2, 0.25) is 0 Å². The molecule has 0 bridgehead atoms. The van der Waals surface area contributed by atoms with Crippen molar-refractivity contribution in [3.63, 3.8) is 0 Å². The molecule has 3 heterocycles. The first kappa shape index (κ1) is 18.8. The number of ether oxygens (including phenoxy) is 1. The Morgan fingerprint density at radius 1 is 1.21 bits per heavy atom. The third kappa shape index (κ3) is 3.27. The van der Waals surface area contributed by atoms with Crippen LogP contribution < -0.4 is 0 Å². The highest BCUT2D eigenvalue weighted by Gasteiger charge is 2.24. The Hall–Kier alpha value is -3.54. The van der Waals surface area contributed by atoms with Gasteiger partial charge in [0, 0.05) is 36.9 Å². The second-order valence-corrected chi connectivity index (χ2v) is 7.39. The van der Waals surface area contributed by atoms with Crippen LogP contribution in [0.15, 0.2) is 58.9 Å². The van der Waals surface area contributed by atoms with Gasteiger partial charge in [0.1, 0.15) is 11.5 Å². The van der Waals surface area contributed by atoms with E-state index in [9.17, 15) is 4.79 Å². The molecule has 0 radical (unpaired) electrons. The van der Waals surface area contributed by atoms with Gasteiger partial charge in [-0.25, -0.2) is 9.79 Å². The van der Waals surface area contributed by atoms with Crippen molar-refractivity contribution in [1.29, 1.82) is 0 Å². The number of amides is 1. The number of nitrogens with one attached hydrogen (secondary N) is 1. The van der Waals surface area contributed by atoms with Crippen molar-refractivity contribution in [3.05, 3.63) is 76.6 Å². The molecule has 0 unspecified atom stereocenters. The average Bonchev–Trinajstić information content (AvgIpc) is 3.36. The highest BCUT2D eigenvalue weighted by Crippen LogP contribution is 2.29. The smallest absolute Gasteiger partial charge is 0.328 e. The SMILES string of the molecule is COC1=CC(c2cc3ccccc3n2C(=O)N(C)C)=N/C1=C\c1[nH]c(C)cc1C. The number of H-pyrrole nitrogens is 1. The number of aromatic amines is 1. The number of hydrogen-bond acceptors (Lipinski definition) is 3. The lowest BCUT2D eigenvalue weighted by Crippen LogP contribution is -2.29. The molecular weight excluding hydrogens is 364 g/mol. The van der Waals surface area contributed by atoms with Crippen LogP contribution in [-0.2, 0) is 4.74 Å². The Kier molecular flexibility index (Phi) is 4.62. The Balaban J connectivity index is 1.88. The quantitative estimate of drug-likeness (QED) is 0.719. The summed E-state index contributed by atoms with van der Waals surface area (Å²) in [6.07, 6.45) is 3.86. The van der Waals surface area contributed by atoms with E-state index in [-0.39, 0.29) is 6.03 Å². The molecule has 1 N–H and O–H groups in total. The topological polar surface area (TPSA) is 62.6 Å². The molecule has 6 heteroatoms. The minimum atomic E-state index is -0.121. The maximum absolute atomic E-state index is 12.9. The Morgan fingerprint density at radius 3 is 2.62 bits per heavy atom. The molecule has 1 amide bonds. The van der Waals surface area contributed by atoms with Gasteiger partial charge in [-0.15, -0.1) is 0 Å². The summed E-state index contributed by atoms with van der Waals surface area (Å²) in [6.45, 7) is 4.08. The molecule has 4 rings (SSSR count). The second-order valence-electron chi connectivity index (χ2n) is 7.39. The average molecular weight is 388 g/mol. The first-order chi connectivity index (χ1) is 13.9. The molecular formula is C23H24N4O2. The number of fused-ring (bicyclic) bond motifs is 1. The molecule has 1 aliphatic rings. The van der Waals surface area contributed by atoms with Gasteiger partial charge in [0.15, 0.2) is 0 Å².